The first-order chi connectivity index (χ1) is 12.6. The van der Waals surface area contributed by atoms with Crippen LogP contribution in [0, 0.1) is 5.92 Å². The molecule has 1 fully saturated rings. The third-order valence-corrected chi connectivity index (χ3v) is 5.68. The fourth-order valence-electron chi connectivity index (χ4n) is 4.18. The Hall–Kier alpha value is -1.75. The van der Waals surface area contributed by atoms with Crippen LogP contribution >= 0.6 is 0 Å². The molecule has 0 aromatic carbocycles. The van der Waals surface area contributed by atoms with Gasteiger partial charge in [-0.3, -0.25) is 19.5 Å². The zero-order chi connectivity index (χ0) is 18.4. The highest BCUT2D eigenvalue weighted by atomic mass is 16.4. The smallest absolute Gasteiger partial charge is 0.317 e. The maximum atomic E-state index is 12.3. The molecule has 0 saturated carbocycles. The van der Waals surface area contributed by atoms with Crippen molar-refractivity contribution >= 4 is 11.8 Å². The topological polar surface area (TPSA) is 70.5 Å². The van der Waals surface area contributed by atoms with Crippen molar-refractivity contribution in [1.29, 1.82) is 0 Å². The van der Waals surface area contributed by atoms with Crippen LogP contribution in [0.15, 0.2) is 12.1 Å². The van der Waals surface area contributed by atoms with E-state index in [2.05, 4.69) is 12.1 Å². The zero-order valence-corrected chi connectivity index (χ0v) is 15.6. The van der Waals surface area contributed by atoms with Crippen LogP contribution in [0.2, 0.25) is 0 Å². The number of carboxylic acid groups (broad SMARTS) is 1. The highest BCUT2D eigenvalue weighted by Gasteiger charge is 2.28. The molecule has 1 aromatic rings. The van der Waals surface area contributed by atoms with E-state index >= 15 is 0 Å². The fourth-order valence-corrected chi connectivity index (χ4v) is 4.18. The van der Waals surface area contributed by atoms with Crippen molar-refractivity contribution in [1.82, 2.24) is 9.88 Å². The van der Waals surface area contributed by atoms with Crippen molar-refractivity contribution in [2.75, 3.05) is 19.6 Å². The van der Waals surface area contributed by atoms with Crippen LogP contribution in [0.4, 0.5) is 0 Å². The van der Waals surface area contributed by atoms with Crippen LogP contribution in [0.25, 0.3) is 0 Å². The van der Waals surface area contributed by atoms with Crippen LogP contribution in [0.3, 0.4) is 0 Å². The van der Waals surface area contributed by atoms with Crippen molar-refractivity contribution in [3.8, 4) is 0 Å². The third-order valence-electron chi connectivity index (χ3n) is 5.68. The third kappa shape index (κ3) is 5.37. The van der Waals surface area contributed by atoms with E-state index in [1.165, 1.54) is 36.2 Å². The van der Waals surface area contributed by atoms with E-state index in [9.17, 15) is 9.59 Å². The Morgan fingerprint density at radius 1 is 1.15 bits per heavy atom. The minimum atomic E-state index is -0.811. The first-order valence-corrected chi connectivity index (χ1v) is 10.1. The van der Waals surface area contributed by atoms with Gasteiger partial charge in [-0.15, -0.1) is 0 Å². The van der Waals surface area contributed by atoms with Gasteiger partial charge in [-0.25, -0.2) is 0 Å². The van der Waals surface area contributed by atoms with Gasteiger partial charge in [0.25, 0.3) is 0 Å². The summed E-state index contributed by atoms with van der Waals surface area (Å²) in [4.78, 5) is 29.7. The largest absolute Gasteiger partial charge is 0.480 e. The van der Waals surface area contributed by atoms with Gasteiger partial charge in [-0.05, 0) is 69.5 Å². The molecule has 1 aliphatic heterocycles. The molecule has 3 rings (SSSR count). The molecule has 2 heterocycles. The number of unbranched alkanes of at least 4 members (excludes halogenated alkanes) is 2. The Labute approximate surface area is 155 Å². The lowest BCUT2D eigenvalue weighted by Gasteiger charge is -2.15. The molecular formula is C21H30N2O3. The molecule has 0 spiro atoms. The average molecular weight is 358 g/mol. The number of rotatable bonds is 9. The second-order valence-electron chi connectivity index (χ2n) is 7.76. The lowest BCUT2D eigenvalue weighted by molar-refractivity contribution is -0.138. The van der Waals surface area contributed by atoms with Gasteiger partial charge < -0.3 is 5.11 Å². The second kappa shape index (κ2) is 9.26. The number of fused-ring (bicyclic) bond motifs is 1. The standard InChI is InChI=1S/C21H30N2O3/c24-20(17-12-13-23(14-17)15-21(25)26)9-3-1-2-7-18-11-10-16-6-4-5-8-19(16)22-18/h10-11,17H,1-9,12-15H2,(H,25,26)/t17-/m1/s1. The molecule has 1 aliphatic carbocycles. The van der Waals surface area contributed by atoms with Crippen LogP contribution in [-0.4, -0.2) is 46.4 Å². The van der Waals surface area contributed by atoms with Crippen LogP contribution in [0.1, 0.15) is 61.9 Å². The lowest BCUT2D eigenvalue weighted by Crippen LogP contribution is -2.28. The number of pyridine rings is 1. The van der Waals surface area contributed by atoms with Gasteiger partial charge in [0.2, 0.25) is 0 Å². The molecule has 142 valence electrons. The molecule has 2 aliphatic rings. The summed E-state index contributed by atoms with van der Waals surface area (Å²) < 4.78 is 0. The Morgan fingerprint density at radius 3 is 2.85 bits per heavy atom. The minimum absolute atomic E-state index is 0.0386. The van der Waals surface area contributed by atoms with Crippen LogP contribution in [-0.2, 0) is 28.9 Å². The molecule has 1 N–H and O–H groups in total. The summed E-state index contributed by atoms with van der Waals surface area (Å²) in [5.41, 5.74) is 3.92. The molecule has 5 nitrogen and oxygen atoms in total. The SMILES string of the molecule is O=C(O)CN1CC[C@@H](C(=O)CCCCCc2ccc3c(n2)CCCC3)C1. The highest BCUT2D eigenvalue weighted by Crippen LogP contribution is 2.21. The number of ketones is 1. The highest BCUT2D eigenvalue weighted by molar-refractivity contribution is 5.81. The molecule has 1 saturated heterocycles. The van der Waals surface area contributed by atoms with E-state index in [0.717, 1.165) is 45.1 Å². The Bertz CT molecular complexity index is 644. The number of carboxylic acids is 1. The minimum Gasteiger partial charge on any atom is -0.480 e. The van der Waals surface area contributed by atoms with Crippen molar-refractivity contribution < 1.29 is 14.7 Å². The van der Waals surface area contributed by atoms with Crippen molar-refractivity contribution in [3.63, 3.8) is 0 Å². The molecular weight excluding hydrogens is 328 g/mol. The number of nitrogens with zero attached hydrogens (tertiary/aromatic N) is 2. The zero-order valence-electron chi connectivity index (χ0n) is 15.6. The maximum Gasteiger partial charge on any atom is 0.317 e. The number of carbonyl (C=O) groups is 2. The lowest BCUT2D eigenvalue weighted by atomic mass is 9.95. The number of aryl methyl sites for hydroxylation is 3. The molecule has 0 amide bonds. The monoisotopic (exact) mass is 358 g/mol. The Balaban J connectivity index is 1.32. The van der Waals surface area contributed by atoms with Gasteiger partial charge in [-0.2, -0.15) is 0 Å². The predicted molar refractivity (Wildman–Crippen MR) is 100 cm³/mol. The summed E-state index contributed by atoms with van der Waals surface area (Å²) in [6.45, 7) is 1.40. The number of hydrogen-bond acceptors (Lipinski definition) is 4. The number of hydrogen-bond donors (Lipinski definition) is 1. The van der Waals surface area contributed by atoms with E-state index in [1.807, 2.05) is 4.90 Å². The van der Waals surface area contributed by atoms with Crippen molar-refractivity contribution in [3.05, 3.63) is 29.1 Å². The van der Waals surface area contributed by atoms with Gasteiger partial charge in [0, 0.05) is 30.3 Å². The summed E-state index contributed by atoms with van der Waals surface area (Å²) in [6.07, 6.45) is 10.3. The van der Waals surface area contributed by atoms with Gasteiger partial charge in [0.15, 0.2) is 0 Å². The molecule has 26 heavy (non-hydrogen) atoms. The van der Waals surface area contributed by atoms with Crippen LogP contribution in [0.5, 0.6) is 0 Å². The second-order valence-corrected chi connectivity index (χ2v) is 7.76. The van der Waals surface area contributed by atoms with Gasteiger partial charge >= 0.3 is 5.97 Å². The molecule has 1 atom stereocenters. The Kier molecular flexibility index (Phi) is 6.78. The Morgan fingerprint density at radius 2 is 2.00 bits per heavy atom. The number of likely N-dealkylation sites (tertiary alicyclic amines) is 1. The van der Waals surface area contributed by atoms with Crippen molar-refractivity contribution in [2.45, 2.75) is 64.2 Å². The maximum absolute atomic E-state index is 12.3. The quantitative estimate of drug-likeness (QED) is 0.687. The molecule has 1 aromatic heterocycles. The summed E-state index contributed by atoms with van der Waals surface area (Å²) in [5, 5.41) is 8.83. The normalized spacial score (nSPS) is 20.1. The number of aromatic nitrogens is 1. The number of carbonyl (C=O) groups excluding carboxylic acids is 1. The molecule has 0 unspecified atom stereocenters. The average Bonchev–Trinajstić information content (AvgIpc) is 3.09. The van der Waals surface area contributed by atoms with Crippen molar-refractivity contribution in [2.24, 2.45) is 5.92 Å². The van der Waals surface area contributed by atoms with E-state index in [4.69, 9.17) is 10.1 Å². The van der Waals surface area contributed by atoms with E-state index in [0.29, 0.717) is 18.7 Å². The van der Waals surface area contributed by atoms with Gasteiger partial charge in [0.1, 0.15) is 5.78 Å². The molecule has 5 heteroatoms. The molecule has 0 bridgehead atoms. The number of Topliss-reactive ketones (excluding diaryl/α,β-unsaturated/α-hetero) is 1. The fraction of sp³-hybridized carbons (Fsp3) is 0.667. The van der Waals surface area contributed by atoms with E-state index < -0.39 is 5.97 Å². The van der Waals surface area contributed by atoms with Crippen LogP contribution < -0.4 is 0 Å². The first-order valence-electron chi connectivity index (χ1n) is 10.1. The summed E-state index contributed by atoms with van der Waals surface area (Å²) in [5.74, 6) is -0.463. The van der Waals surface area contributed by atoms with E-state index in [1.54, 1.807) is 0 Å². The summed E-state index contributed by atoms with van der Waals surface area (Å²) in [7, 11) is 0. The predicted octanol–water partition coefficient (Wildman–Crippen LogP) is 3.04. The number of aliphatic carboxylic acids is 1. The van der Waals surface area contributed by atoms with Gasteiger partial charge in [0.05, 0.1) is 6.54 Å². The first kappa shape index (κ1) is 19.0. The molecule has 0 radical (unpaired) electrons. The summed E-state index contributed by atoms with van der Waals surface area (Å²) in [6, 6.07) is 4.42. The summed E-state index contributed by atoms with van der Waals surface area (Å²) >= 11 is 0. The van der Waals surface area contributed by atoms with Gasteiger partial charge in [-0.1, -0.05) is 12.5 Å². The van der Waals surface area contributed by atoms with E-state index in [-0.39, 0.29) is 12.5 Å².